The molecule has 0 aliphatic heterocycles. The zero-order chi connectivity index (χ0) is 15.0. The molecule has 5 nitrogen and oxygen atoms in total. The lowest BCUT2D eigenvalue weighted by Crippen LogP contribution is -2.20. The van der Waals surface area contributed by atoms with E-state index < -0.39 is 0 Å². The van der Waals surface area contributed by atoms with Crippen LogP contribution in [0.1, 0.15) is 29.3 Å². The van der Waals surface area contributed by atoms with E-state index in [2.05, 4.69) is 5.32 Å². The second-order valence-corrected chi connectivity index (χ2v) is 4.13. The van der Waals surface area contributed by atoms with Gasteiger partial charge in [0.05, 0.1) is 19.8 Å². The van der Waals surface area contributed by atoms with Gasteiger partial charge < -0.3 is 14.8 Å². The average molecular weight is 277 g/mol. The molecule has 0 aromatic heterocycles. The van der Waals surface area contributed by atoms with Crippen molar-refractivity contribution >= 4 is 18.3 Å². The summed E-state index contributed by atoms with van der Waals surface area (Å²) in [4.78, 5) is 21.6. The van der Waals surface area contributed by atoms with E-state index in [1.54, 1.807) is 12.1 Å². The summed E-state index contributed by atoms with van der Waals surface area (Å²) in [6, 6.07) is 3.31. The van der Waals surface area contributed by atoms with E-state index in [0.29, 0.717) is 30.0 Å². The Kier molecular flexibility index (Phi) is 6.29. The van der Waals surface area contributed by atoms with E-state index in [1.807, 2.05) is 12.2 Å². The smallest absolute Gasteiger partial charge is 0.216 e. The van der Waals surface area contributed by atoms with Gasteiger partial charge in [-0.05, 0) is 18.6 Å². The minimum Gasteiger partial charge on any atom is -0.496 e. The highest BCUT2D eigenvalue weighted by Gasteiger charge is 2.09. The first-order valence-electron chi connectivity index (χ1n) is 6.24. The van der Waals surface area contributed by atoms with E-state index in [9.17, 15) is 9.59 Å². The number of carbonyl (C=O) groups is 2. The molecule has 0 aliphatic rings. The predicted octanol–water partition coefficient (Wildman–Crippen LogP) is 2.06. The summed E-state index contributed by atoms with van der Waals surface area (Å²) in [7, 11) is 3.08. The van der Waals surface area contributed by atoms with Gasteiger partial charge in [-0.1, -0.05) is 12.2 Å². The first-order chi connectivity index (χ1) is 9.62. The van der Waals surface area contributed by atoms with Crippen LogP contribution in [-0.2, 0) is 4.79 Å². The van der Waals surface area contributed by atoms with E-state index in [4.69, 9.17) is 9.47 Å². The van der Waals surface area contributed by atoms with Crippen LogP contribution in [0, 0.1) is 0 Å². The van der Waals surface area contributed by atoms with Crippen molar-refractivity contribution in [3.8, 4) is 11.5 Å². The number of nitrogens with one attached hydrogen (secondary N) is 1. The number of amides is 1. The lowest BCUT2D eigenvalue weighted by atomic mass is 10.1. The van der Waals surface area contributed by atoms with Crippen molar-refractivity contribution < 1.29 is 19.1 Å². The fourth-order valence-electron chi connectivity index (χ4n) is 1.72. The second kappa shape index (κ2) is 7.99. The fourth-order valence-corrected chi connectivity index (χ4v) is 1.72. The molecule has 1 aromatic carbocycles. The molecule has 20 heavy (non-hydrogen) atoms. The molecule has 1 N–H and O–H groups in total. The van der Waals surface area contributed by atoms with Gasteiger partial charge in [0, 0.05) is 19.0 Å². The Morgan fingerprint density at radius 2 is 1.85 bits per heavy atom. The van der Waals surface area contributed by atoms with Crippen LogP contribution in [0.3, 0.4) is 0 Å². The number of aldehydes is 1. The van der Waals surface area contributed by atoms with Crippen LogP contribution in [0.25, 0.3) is 6.08 Å². The summed E-state index contributed by atoms with van der Waals surface area (Å²) >= 11 is 0. The summed E-state index contributed by atoms with van der Waals surface area (Å²) in [6.45, 7) is 2.05. The van der Waals surface area contributed by atoms with Gasteiger partial charge >= 0.3 is 0 Å². The Bertz CT molecular complexity index is 484. The number of rotatable bonds is 7. The summed E-state index contributed by atoms with van der Waals surface area (Å²) in [6.07, 6.45) is 5.21. The van der Waals surface area contributed by atoms with Gasteiger partial charge in [0.1, 0.15) is 17.8 Å². The summed E-state index contributed by atoms with van der Waals surface area (Å²) < 4.78 is 10.5. The molecule has 1 rings (SSSR count). The van der Waals surface area contributed by atoms with Crippen LogP contribution < -0.4 is 14.8 Å². The number of methoxy groups -OCH3 is 2. The Morgan fingerprint density at radius 1 is 1.25 bits per heavy atom. The monoisotopic (exact) mass is 277 g/mol. The molecule has 0 heterocycles. The van der Waals surface area contributed by atoms with E-state index >= 15 is 0 Å². The molecule has 0 spiro atoms. The molecule has 1 aromatic rings. The summed E-state index contributed by atoms with van der Waals surface area (Å²) in [5.41, 5.74) is 1.26. The number of carbonyl (C=O) groups excluding carboxylic acids is 2. The Labute approximate surface area is 118 Å². The number of hydrogen-bond donors (Lipinski definition) is 1. The summed E-state index contributed by atoms with van der Waals surface area (Å²) in [5, 5.41) is 2.71. The minimum atomic E-state index is -0.0519. The SMILES string of the molecule is COc1cc(C=O)cc(OC)c1C=CCCNC(C)=O. The molecule has 0 atom stereocenters. The molecule has 0 saturated heterocycles. The third kappa shape index (κ3) is 4.42. The highest BCUT2D eigenvalue weighted by Crippen LogP contribution is 2.31. The predicted molar refractivity (Wildman–Crippen MR) is 77.3 cm³/mol. The maximum Gasteiger partial charge on any atom is 0.216 e. The molecular formula is C15H19NO4. The quantitative estimate of drug-likeness (QED) is 0.612. The third-order valence-electron chi connectivity index (χ3n) is 2.67. The molecule has 0 unspecified atom stereocenters. The highest BCUT2D eigenvalue weighted by molar-refractivity contribution is 5.80. The van der Waals surface area contributed by atoms with Crippen LogP contribution >= 0.6 is 0 Å². The fraction of sp³-hybridized carbons (Fsp3) is 0.333. The van der Waals surface area contributed by atoms with Crippen molar-refractivity contribution in [3.63, 3.8) is 0 Å². The second-order valence-electron chi connectivity index (χ2n) is 4.13. The zero-order valence-corrected chi connectivity index (χ0v) is 11.9. The first kappa shape index (κ1) is 15.8. The van der Waals surface area contributed by atoms with E-state index in [0.717, 1.165) is 11.8 Å². The van der Waals surface area contributed by atoms with Crippen molar-refractivity contribution in [2.75, 3.05) is 20.8 Å². The molecule has 0 fully saturated rings. The van der Waals surface area contributed by atoms with Gasteiger partial charge in [-0.3, -0.25) is 9.59 Å². The van der Waals surface area contributed by atoms with Gasteiger partial charge in [-0.25, -0.2) is 0 Å². The van der Waals surface area contributed by atoms with Gasteiger partial charge in [0.15, 0.2) is 0 Å². The average Bonchev–Trinajstić information content (AvgIpc) is 2.46. The molecule has 0 aliphatic carbocycles. The normalized spacial score (nSPS) is 10.3. The minimum absolute atomic E-state index is 0.0519. The number of ether oxygens (including phenoxy) is 2. The van der Waals surface area contributed by atoms with Crippen LogP contribution in [0.2, 0.25) is 0 Å². The maximum atomic E-state index is 10.8. The van der Waals surface area contributed by atoms with Crippen molar-refractivity contribution in [2.45, 2.75) is 13.3 Å². The maximum absolute atomic E-state index is 10.8. The van der Waals surface area contributed by atoms with Crippen LogP contribution in [0.4, 0.5) is 0 Å². The third-order valence-corrected chi connectivity index (χ3v) is 2.67. The van der Waals surface area contributed by atoms with Crippen LogP contribution in [-0.4, -0.2) is 33.0 Å². The van der Waals surface area contributed by atoms with Crippen molar-refractivity contribution in [1.82, 2.24) is 5.32 Å². The largest absolute Gasteiger partial charge is 0.496 e. The molecule has 5 heteroatoms. The van der Waals surface area contributed by atoms with Gasteiger partial charge in [0.25, 0.3) is 0 Å². The summed E-state index contributed by atoms with van der Waals surface area (Å²) in [5.74, 6) is 1.09. The molecule has 0 radical (unpaired) electrons. The van der Waals surface area contributed by atoms with Gasteiger partial charge in [0.2, 0.25) is 5.91 Å². The number of benzene rings is 1. The number of hydrogen-bond acceptors (Lipinski definition) is 4. The molecule has 108 valence electrons. The Hall–Kier alpha value is -2.30. The van der Waals surface area contributed by atoms with Gasteiger partial charge in [-0.15, -0.1) is 0 Å². The standard InChI is InChI=1S/C15H19NO4/c1-11(18)16-7-5-4-6-13-14(19-2)8-12(10-17)9-15(13)20-3/h4,6,8-10H,5,7H2,1-3H3,(H,16,18). The van der Waals surface area contributed by atoms with Crippen molar-refractivity contribution in [3.05, 3.63) is 29.3 Å². The van der Waals surface area contributed by atoms with Crippen LogP contribution in [0.5, 0.6) is 11.5 Å². The highest BCUT2D eigenvalue weighted by atomic mass is 16.5. The van der Waals surface area contributed by atoms with E-state index in [-0.39, 0.29) is 5.91 Å². The lowest BCUT2D eigenvalue weighted by molar-refractivity contribution is -0.118. The van der Waals surface area contributed by atoms with Crippen molar-refractivity contribution in [1.29, 1.82) is 0 Å². The molecular weight excluding hydrogens is 258 g/mol. The molecule has 1 amide bonds. The molecule has 0 bridgehead atoms. The molecule has 0 saturated carbocycles. The topological polar surface area (TPSA) is 64.6 Å². The van der Waals surface area contributed by atoms with Crippen molar-refractivity contribution in [2.24, 2.45) is 0 Å². The van der Waals surface area contributed by atoms with Gasteiger partial charge in [-0.2, -0.15) is 0 Å². The zero-order valence-electron chi connectivity index (χ0n) is 11.9. The van der Waals surface area contributed by atoms with Crippen LogP contribution in [0.15, 0.2) is 18.2 Å². The Balaban J connectivity index is 2.89. The van der Waals surface area contributed by atoms with E-state index in [1.165, 1.54) is 21.1 Å². The Morgan fingerprint density at radius 3 is 2.30 bits per heavy atom. The first-order valence-corrected chi connectivity index (χ1v) is 6.24. The lowest BCUT2D eigenvalue weighted by Gasteiger charge is -2.11.